The summed E-state index contributed by atoms with van der Waals surface area (Å²) in [6.45, 7) is 13.1. The molecule has 120 valence electrons. The first-order valence-corrected chi connectivity index (χ1v) is 8.78. The lowest BCUT2D eigenvalue weighted by molar-refractivity contribution is 0.186. The summed E-state index contributed by atoms with van der Waals surface area (Å²) >= 11 is 23.7. The fourth-order valence-electron chi connectivity index (χ4n) is 2.94. The van der Waals surface area contributed by atoms with Gasteiger partial charge in [-0.2, -0.15) is 0 Å². The second-order valence-corrected chi connectivity index (χ2v) is 8.25. The molecule has 0 heterocycles. The van der Waals surface area contributed by atoms with Crippen molar-refractivity contribution in [3.05, 3.63) is 24.3 Å². The number of rotatable bonds is 6. The Hall–Kier alpha value is 0.310. The summed E-state index contributed by atoms with van der Waals surface area (Å²) < 4.78 is 0.000207. The highest BCUT2D eigenvalue weighted by molar-refractivity contribution is 6.95. The highest BCUT2D eigenvalue weighted by Gasteiger charge is 2.40. The highest BCUT2D eigenvalue weighted by Crippen LogP contribution is 2.48. The number of allylic oxidation sites excluding steroid dienone is 1. The van der Waals surface area contributed by atoms with E-state index in [1.165, 1.54) is 5.57 Å². The zero-order valence-corrected chi connectivity index (χ0v) is 15.7. The molecule has 0 aliphatic heterocycles. The molecule has 1 aliphatic carbocycles. The molecule has 1 fully saturated rings. The third-order valence-corrected chi connectivity index (χ3v) is 5.95. The van der Waals surface area contributed by atoms with Gasteiger partial charge < -0.3 is 0 Å². The number of aliphatic imine (C=N–C) groups is 1. The molecule has 0 aromatic rings. The Bertz CT molecular complexity index is 424. The molecule has 0 bridgehead atoms. The molecule has 0 aromatic carbocycles. The van der Waals surface area contributed by atoms with Gasteiger partial charge in [0.25, 0.3) is 0 Å². The van der Waals surface area contributed by atoms with E-state index in [0.717, 1.165) is 31.3 Å². The largest absolute Gasteiger partial charge is 0.261 e. The summed E-state index contributed by atoms with van der Waals surface area (Å²) in [5.74, 6) is 0.398. The predicted molar refractivity (Wildman–Crippen MR) is 97.3 cm³/mol. The van der Waals surface area contributed by atoms with Crippen LogP contribution in [0.15, 0.2) is 29.3 Å². The van der Waals surface area contributed by atoms with Crippen LogP contribution in [0.1, 0.15) is 39.5 Å². The Morgan fingerprint density at radius 3 is 2.62 bits per heavy atom. The van der Waals surface area contributed by atoms with E-state index in [9.17, 15) is 0 Å². The summed E-state index contributed by atoms with van der Waals surface area (Å²) in [6, 6.07) is 0. The SMILES string of the molecule is C=C(CC[C@@H]1C(=C)CC[C@H](Cl)C1(C)C)C(Cl)CN=C(Cl)Cl. The van der Waals surface area contributed by atoms with Gasteiger partial charge in [0.1, 0.15) is 0 Å². The summed E-state index contributed by atoms with van der Waals surface area (Å²) in [6.07, 6.45) is 3.81. The maximum atomic E-state index is 6.49. The van der Waals surface area contributed by atoms with Gasteiger partial charge in [-0.15, -0.1) is 23.2 Å². The third-order valence-electron chi connectivity index (χ3n) is 4.49. The van der Waals surface area contributed by atoms with Gasteiger partial charge in [-0.3, -0.25) is 4.99 Å². The van der Waals surface area contributed by atoms with Crippen LogP contribution in [0.3, 0.4) is 0 Å². The van der Waals surface area contributed by atoms with Crippen molar-refractivity contribution < 1.29 is 0 Å². The van der Waals surface area contributed by atoms with Crippen molar-refractivity contribution in [3.8, 4) is 0 Å². The molecule has 1 unspecified atom stereocenters. The number of hydrogen-bond donors (Lipinski definition) is 0. The third kappa shape index (κ3) is 5.46. The van der Waals surface area contributed by atoms with Gasteiger partial charge >= 0.3 is 0 Å². The van der Waals surface area contributed by atoms with Crippen LogP contribution in [0, 0.1) is 11.3 Å². The molecule has 0 radical (unpaired) electrons. The van der Waals surface area contributed by atoms with Crippen molar-refractivity contribution >= 4 is 51.0 Å². The van der Waals surface area contributed by atoms with E-state index in [1.54, 1.807) is 0 Å². The van der Waals surface area contributed by atoms with Crippen LogP contribution >= 0.6 is 46.4 Å². The van der Waals surface area contributed by atoms with Crippen LogP contribution in [0.25, 0.3) is 0 Å². The van der Waals surface area contributed by atoms with Crippen LogP contribution in [-0.4, -0.2) is 21.9 Å². The maximum absolute atomic E-state index is 6.49. The molecule has 0 saturated heterocycles. The molecule has 0 amide bonds. The molecular weight excluding hydrogens is 348 g/mol. The van der Waals surface area contributed by atoms with Crippen molar-refractivity contribution in [3.63, 3.8) is 0 Å². The van der Waals surface area contributed by atoms with E-state index in [1.807, 2.05) is 0 Å². The number of hydrogen-bond acceptors (Lipinski definition) is 1. The lowest BCUT2D eigenvalue weighted by Gasteiger charge is -2.44. The minimum Gasteiger partial charge on any atom is -0.261 e. The maximum Gasteiger partial charge on any atom is 0.192 e. The topological polar surface area (TPSA) is 12.4 Å². The first-order valence-electron chi connectivity index (χ1n) is 7.15. The van der Waals surface area contributed by atoms with Crippen LogP contribution < -0.4 is 0 Å². The average molecular weight is 371 g/mol. The Morgan fingerprint density at radius 1 is 1.43 bits per heavy atom. The minimum absolute atomic E-state index is 0.000207. The zero-order valence-electron chi connectivity index (χ0n) is 12.6. The van der Waals surface area contributed by atoms with Gasteiger partial charge in [-0.05, 0) is 60.2 Å². The summed E-state index contributed by atoms with van der Waals surface area (Å²) in [5, 5.41) is -0.0583. The molecule has 3 atom stereocenters. The summed E-state index contributed by atoms with van der Waals surface area (Å²) in [7, 11) is 0. The Kier molecular flexibility index (Phi) is 7.60. The first-order chi connectivity index (χ1) is 9.66. The Balaban J connectivity index is 2.58. The van der Waals surface area contributed by atoms with Gasteiger partial charge in [0.15, 0.2) is 4.63 Å². The molecule has 5 heteroatoms. The highest BCUT2D eigenvalue weighted by atomic mass is 35.5. The van der Waals surface area contributed by atoms with E-state index in [-0.39, 0.29) is 20.8 Å². The second kappa shape index (κ2) is 8.24. The molecule has 1 nitrogen and oxygen atoms in total. The monoisotopic (exact) mass is 369 g/mol. The average Bonchev–Trinajstić information content (AvgIpc) is 2.40. The molecule has 1 aliphatic rings. The molecule has 21 heavy (non-hydrogen) atoms. The fraction of sp³-hybridized carbons (Fsp3) is 0.688. The minimum atomic E-state index is -0.246. The number of nitrogens with zero attached hydrogens (tertiary/aromatic N) is 1. The summed E-state index contributed by atoms with van der Waals surface area (Å²) in [5.41, 5.74) is 2.30. The van der Waals surface area contributed by atoms with Crippen molar-refractivity contribution in [2.24, 2.45) is 16.3 Å². The van der Waals surface area contributed by atoms with Gasteiger partial charge in [0.2, 0.25) is 0 Å². The van der Waals surface area contributed by atoms with Crippen molar-refractivity contribution in [1.82, 2.24) is 0 Å². The first kappa shape index (κ1) is 19.4. The summed E-state index contributed by atoms with van der Waals surface area (Å²) in [4.78, 5) is 3.91. The van der Waals surface area contributed by atoms with E-state index >= 15 is 0 Å². The predicted octanol–water partition coefficient (Wildman–Crippen LogP) is 6.36. The Labute approximate surface area is 148 Å². The second-order valence-electron chi connectivity index (χ2n) is 6.28. The number of alkyl halides is 2. The van der Waals surface area contributed by atoms with Gasteiger partial charge in [-0.25, -0.2) is 0 Å². The standard InChI is InChI=1S/C16H23Cl4N/c1-10-6-8-14(18)16(3,4)12(10)7-5-11(2)13(17)9-21-15(19)20/h12-14H,1-2,5-9H2,3-4H3/t12-,13?,14+/m1/s1. The van der Waals surface area contributed by atoms with Crippen molar-refractivity contribution in [1.29, 1.82) is 0 Å². The molecule has 0 spiro atoms. The van der Waals surface area contributed by atoms with Crippen LogP contribution in [0.2, 0.25) is 0 Å². The number of halogens is 4. The van der Waals surface area contributed by atoms with E-state index < -0.39 is 0 Å². The van der Waals surface area contributed by atoms with Crippen LogP contribution in [-0.2, 0) is 0 Å². The van der Waals surface area contributed by atoms with Gasteiger partial charge in [-0.1, -0.05) is 38.2 Å². The van der Waals surface area contributed by atoms with E-state index in [0.29, 0.717) is 12.5 Å². The van der Waals surface area contributed by atoms with Crippen LogP contribution in [0.5, 0.6) is 0 Å². The Morgan fingerprint density at radius 2 is 2.05 bits per heavy atom. The molecule has 1 saturated carbocycles. The van der Waals surface area contributed by atoms with Gasteiger partial charge in [0, 0.05) is 5.38 Å². The smallest absolute Gasteiger partial charge is 0.192 e. The normalized spacial score (nSPS) is 26.3. The lowest BCUT2D eigenvalue weighted by atomic mass is 9.64. The van der Waals surface area contributed by atoms with E-state index in [4.69, 9.17) is 46.4 Å². The zero-order chi connectivity index (χ0) is 16.2. The lowest BCUT2D eigenvalue weighted by Crippen LogP contribution is -2.38. The van der Waals surface area contributed by atoms with Gasteiger partial charge in [0.05, 0.1) is 11.9 Å². The van der Waals surface area contributed by atoms with E-state index in [2.05, 4.69) is 32.0 Å². The van der Waals surface area contributed by atoms with Crippen LogP contribution in [0.4, 0.5) is 0 Å². The fourth-order valence-corrected chi connectivity index (χ4v) is 3.52. The molecular formula is C16H23Cl4N. The molecule has 1 rings (SSSR count). The van der Waals surface area contributed by atoms with Crippen molar-refractivity contribution in [2.75, 3.05) is 6.54 Å². The molecule has 0 N–H and O–H groups in total. The van der Waals surface area contributed by atoms with Crippen molar-refractivity contribution in [2.45, 2.75) is 50.3 Å². The quantitative estimate of drug-likeness (QED) is 0.293. The molecule has 0 aromatic heterocycles.